The van der Waals surface area contributed by atoms with Crippen molar-refractivity contribution in [1.82, 2.24) is 0 Å². The van der Waals surface area contributed by atoms with Crippen LogP contribution in [0.5, 0.6) is 0 Å². The maximum atomic E-state index is 5.74. The van der Waals surface area contributed by atoms with Gasteiger partial charge in [-0.1, -0.05) is 52.9 Å². The highest BCUT2D eigenvalue weighted by Gasteiger charge is 2.03. The summed E-state index contributed by atoms with van der Waals surface area (Å²) in [6, 6.07) is 0. The lowest BCUT2D eigenvalue weighted by molar-refractivity contribution is -0.0227. The zero-order valence-electron chi connectivity index (χ0n) is 21.0. The number of unbranched alkanes of at least 4 members (excludes halogenated alkanes) is 3. The molecule has 0 fully saturated rings. The first-order valence-electron chi connectivity index (χ1n) is 12.7. The average Bonchev–Trinajstić information content (AvgIpc) is 2.78. The third kappa shape index (κ3) is 24.2. The van der Waals surface area contributed by atoms with Crippen molar-refractivity contribution in [3.63, 3.8) is 0 Å². The molecule has 0 bridgehead atoms. The molecule has 0 rings (SSSR count). The van der Waals surface area contributed by atoms with E-state index in [0.717, 1.165) is 38.4 Å². The minimum absolute atomic E-state index is 0.169. The van der Waals surface area contributed by atoms with E-state index in [-0.39, 0.29) is 6.10 Å². The molecule has 6 nitrogen and oxygen atoms in total. The average molecular weight is 449 g/mol. The molecule has 0 saturated heterocycles. The van der Waals surface area contributed by atoms with E-state index in [1.54, 1.807) is 0 Å². The summed E-state index contributed by atoms with van der Waals surface area (Å²) in [5.41, 5.74) is 0. The Kier molecular flexibility index (Phi) is 25.8. The number of rotatable bonds is 26. The summed E-state index contributed by atoms with van der Waals surface area (Å²) in [6.45, 7) is 16.2. The minimum Gasteiger partial charge on any atom is -0.379 e. The SMILES string of the molecule is CCCCCCOCCOCCOC(C)CCOCCOCCOCCC(CC)CC. The summed E-state index contributed by atoms with van der Waals surface area (Å²) < 4.78 is 33.6. The molecule has 0 aromatic rings. The van der Waals surface area contributed by atoms with Crippen LogP contribution in [-0.2, 0) is 28.4 Å². The standard InChI is InChI=1S/C25H52O6/c1-5-8-9-10-13-26-16-19-30-22-23-31-24(4)11-14-27-17-20-29-21-18-28-15-12-25(6-2)7-3/h24-25H,5-23H2,1-4H3. The molecule has 0 aromatic heterocycles. The highest BCUT2D eigenvalue weighted by atomic mass is 16.6. The zero-order chi connectivity index (χ0) is 22.8. The first-order chi connectivity index (χ1) is 15.2. The summed E-state index contributed by atoms with van der Waals surface area (Å²) in [6.07, 6.45) is 9.63. The van der Waals surface area contributed by atoms with Crippen LogP contribution in [0.1, 0.15) is 79.1 Å². The van der Waals surface area contributed by atoms with Gasteiger partial charge in [0.2, 0.25) is 0 Å². The Balaban J connectivity index is 3.19. The predicted octanol–water partition coefficient (Wildman–Crippen LogP) is 5.27. The van der Waals surface area contributed by atoms with Crippen LogP contribution in [0.2, 0.25) is 0 Å². The fourth-order valence-electron chi connectivity index (χ4n) is 3.08. The minimum atomic E-state index is 0.169. The maximum Gasteiger partial charge on any atom is 0.0704 e. The number of hydrogen-bond donors (Lipinski definition) is 0. The second kappa shape index (κ2) is 26.0. The molecule has 0 aliphatic rings. The molecule has 1 atom stereocenters. The number of hydrogen-bond acceptors (Lipinski definition) is 6. The van der Waals surface area contributed by atoms with Crippen molar-refractivity contribution in [1.29, 1.82) is 0 Å². The van der Waals surface area contributed by atoms with Gasteiger partial charge in [-0.25, -0.2) is 0 Å². The summed E-state index contributed by atoms with van der Waals surface area (Å²) in [7, 11) is 0. The quantitative estimate of drug-likeness (QED) is 0.168. The Hall–Kier alpha value is -0.240. The van der Waals surface area contributed by atoms with Crippen molar-refractivity contribution in [2.45, 2.75) is 85.2 Å². The normalized spacial score (nSPS) is 12.7. The smallest absolute Gasteiger partial charge is 0.0704 e. The van der Waals surface area contributed by atoms with Crippen LogP contribution in [0.25, 0.3) is 0 Å². The highest BCUT2D eigenvalue weighted by molar-refractivity contribution is 4.53. The Labute approximate surface area is 192 Å². The van der Waals surface area contributed by atoms with Crippen LogP contribution in [-0.4, -0.2) is 78.8 Å². The lowest BCUT2D eigenvalue weighted by Crippen LogP contribution is -2.17. The second-order valence-corrected chi connectivity index (χ2v) is 8.06. The fraction of sp³-hybridized carbons (Fsp3) is 1.00. The van der Waals surface area contributed by atoms with Gasteiger partial charge in [-0.05, 0) is 32.1 Å². The Morgan fingerprint density at radius 3 is 1.52 bits per heavy atom. The van der Waals surface area contributed by atoms with Crippen molar-refractivity contribution in [2.75, 3.05) is 72.7 Å². The predicted molar refractivity (Wildman–Crippen MR) is 127 cm³/mol. The molecule has 0 saturated carbocycles. The molecule has 0 spiro atoms. The first-order valence-corrected chi connectivity index (χ1v) is 12.7. The monoisotopic (exact) mass is 448 g/mol. The van der Waals surface area contributed by atoms with E-state index < -0.39 is 0 Å². The topological polar surface area (TPSA) is 55.4 Å². The zero-order valence-corrected chi connectivity index (χ0v) is 21.0. The number of ether oxygens (including phenoxy) is 6. The van der Waals surface area contributed by atoms with Crippen molar-refractivity contribution in [3.05, 3.63) is 0 Å². The summed E-state index contributed by atoms with van der Waals surface area (Å²) in [4.78, 5) is 0. The molecule has 0 N–H and O–H groups in total. The van der Waals surface area contributed by atoms with Crippen LogP contribution in [0.3, 0.4) is 0 Å². The van der Waals surface area contributed by atoms with Gasteiger partial charge in [-0.3, -0.25) is 0 Å². The van der Waals surface area contributed by atoms with E-state index in [2.05, 4.69) is 27.7 Å². The van der Waals surface area contributed by atoms with Gasteiger partial charge in [0.1, 0.15) is 0 Å². The molecule has 1 unspecified atom stereocenters. The van der Waals surface area contributed by atoms with Gasteiger partial charge in [0.05, 0.1) is 59.0 Å². The van der Waals surface area contributed by atoms with Crippen LogP contribution in [0, 0.1) is 5.92 Å². The molecule has 0 heterocycles. The van der Waals surface area contributed by atoms with Crippen LogP contribution >= 0.6 is 0 Å². The van der Waals surface area contributed by atoms with Gasteiger partial charge in [-0.2, -0.15) is 0 Å². The third-order valence-electron chi connectivity index (χ3n) is 5.38. The summed E-state index contributed by atoms with van der Waals surface area (Å²) >= 11 is 0. The van der Waals surface area contributed by atoms with Gasteiger partial charge in [0, 0.05) is 19.8 Å². The Morgan fingerprint density at radius 1 is 0.484 bits per heavy atom. The van der Waals surface area contributed by atoms with Gasteiger partial charge in [0.15, 0.2) is 0 Å². The Morgan fingerprint density at radius 2 is 0.968 bits per heavy atom. The molecule has 31 heavy (non-hydrogen) atoms. The lowest BCUT2D eigenvalue weighted by Gasteiger charge is -2.14. The van der Waals surface area contributed by atoms with Crippen LogP contribution < -0.4 is 0 Å². The van der Waals surface area contributed by atoms with Gasteiger partial charge in [-0.15, -0.1) is 0 Å². The highest BCUT2D eigenvalue weighted by Crippen LogP contribution is 2.11. The largest absolute Gasteiger partial charge is 0.379 e. The van der Waals surface area contributed by atoms with E-state index in [9.17, 15) is 0 Å². The van der Waals surface area contributed by atoms with Crippen molar-refractivity contribution >= 4 is 0 Å². The summed E-state index contributed by atoms with van der Waals surface area (Å²) in [5.74, 6) is 0.790. The molecule has 188 valence electrons. The third-order valence-corrected chi connectivity index (χ3v) is 5.38. The van der Waals surface area contributed by atoms with Crippen LogP contribution in [0.15, 0.2) is 0 Å². The van der Waals surface area contributed by atoms with Gasteiger partial charge < -0.3 is 28.4 Å². The van der Waals surface area contributed by atoms with Crippen LogP contribution in [0.4, 0.5) is 0 Å². The van der Waals surface area contributed by atoms with Crippen molar-refractivity contribution in [2.24, 2.45) is 5.92 Å². The summed E-state index contributed by atoms with van der Waals surface area (Å²) in [5, 5.41) is 0. The molecule has 0 aliphatic heterocycles. The van der Waals surface area contributed by atoms with Gasteiger partial charge in [0.25, 0.3) is 0 Å². The van der Waals surface area contributed by atoms with E-state index in [1.807, 2.05) is 0 Å². The maximum absolute atomic E-state index is 5.74. The van der Waals surface area contributed by atoms with E-state index >= 15 is 0 Å². The van der Waals surface area contributed by atoms with Crippen molar-refractivity contribution < 1.29 is 28.4 Å². The fourth-order valence-corrected chi connectivity index (χ4v) is 3.08. The molecule has 0 aliphatic carbocycles. The second-order valence-electron chi connectivity index (χ2n) is 8.06. The molecular formula is C25H52O6. The van der Waals surface area contributed by atoms with Gasteiger partial charge >= 0.3 is 0 Å². The molecule has 6 heteroatoms. The molecular weight excluding hydrogens is 396 g/mol. The van der Waals surface area contributed by atoms with E-state index in [0.29, 0.717) is 59.5 Å². The van der Waals surface area contributed by atoms with Crippen molar-refractivity contribution in [3.8, 4) is 0 Å². The molecule has 0 amide bonds. The van der Waals surface area contributed by atoms with E-state index in [1.165, 1.54) is 32.1 Å². The molecule has 0 aromatic carbocycles. The lowest BCUT2D eigenvalue weighted by atomic mass is 10.0. The van der Waals surface area contributed by atoms with E-state index in [4.69, 9.17) is 28.4 Å². The molecule has 0 radical (unpaired) electrons. The Bertz CT molecular complexity index is 325. The first kappa shape index (κ1) is 30.8.